The second-order valence-corrected chi connectivity index (χ2v) is 5.68. The topological polar surface area (TPSA) is 55.4 Å². The number of aldehydes is 1. The number of rotatable bonds is 2. The molecule has 0 saturated carbocycles. The van der Waals surface area contributed by atoms with E-state index in [9.17, 15) is 9.59 Å². The Morgan fingerprint density at radius 1 is 1.39 bits per heavy atom. The van der Waals surface area contributed by atoms with Crippen molar-refractivity contribution in [1.82, 2.24) is 5.32 Å². The van der Waals surface area contributed by atoms with Gasteiger partial charge in [0.05, 0.1) is 6.04 Å². The third-order valence-corrected chi connectivity index (χ3v) is 2.82. The second kappa shape index (κ2) is 6.57. The Bertz CT molecular complexity index is 317. The van der Waals surface area contributed by atoms with Gasteiger partial charge >= 0.3 is 6.09 Å². The SMILES string of the molecule is CC(C)(C)OC(=O)N[C@H]1C=CCCCC[C@H]1C=O. The molecule has 18 heavy (non-hydrogen) atoms. The zero-order valence-electron chi connectivity index (χ0n) is 11.4. The van der Waals surface area contributed by atoms with Crippen molar-refractivity contribution in [2.75, 3.05) is 0 Å². The van der Waals surface area contributed by atoms with E-state index in [1.165, 1.54) is 0 Å². The minimum Gasteiger partial charge on any atom is -0.444 e. The summed E-state index contributed by atoms with van der Waals surface area (Å²) in [5, 5.41) is 2.76. The zero-order valence-corrected chi connectivity index (χ0v) is 11.4. The first kappa shape index (κ1) is 14.7. The van der Waals surface area contributed by atoms with E-state index in [4.69, 9.17) is 4.74 Å². The van der Waals surface area contributed by atoms with Gasteiger partial charge in [-0.25, -0.2) is 4.79 Å². The molecule has 0 heterocycles. The summed E-state index contributed by atoms with van der Waals surface area (Å²) < 4.78 is 5.21. The molecule has 0 aromatic carbocycles. The van der Waals surface area contributed by atoms with Crippen LogP contribution in [0.3, 0.4) is 0 Å². The van der Waals surface area contributed by atoms with Gasteiger partial charge < -0.3 is 14.8 Å². The number of amides is 1. The van der Waals surface area contributed by atoms with Crippen molar-refractivity contribution in [2.24, 2.45) is 5.92 Å². The van der Waals surface area contributed by atoms with Gasteiger partial charge in [-0.3, -0.25) is 0 Å². The highest BCUT2D eigenvalue weighted by molar-refractivity contribution is 5.69. The molecular weight excluding hydrogens is 230 g/mol. The molecule has 0 aromatic rings. The number of hydrogen-bond donors (Lipinski definition) is 1. The lowest BCUT2D eigenvalue weighted by molar-refractivity contribution is -0.111. The fourth-order valence-electron chi connectivity index (χ4n) is 1.96. The van der Waals surface area contributed by atoms with Crippen molar-refractivity contribution in [1.29, 1.82) is 0 Å². The van der Waals surface area contributed by atoms with Crippen LogP contribution in [0.2, 0.25) is 0 Å². The molecule has 1 rings (SSSR count). The number of nitrogens with one attached hydrogen (secondary N) is 1. The number of hydrogen-bond acceptors (Lipinski definition) is 3. The minimum absolute atomic E-state index is 0.158. The van der Waals surface area contributed by atoms with Crippen LogP contribution < -0.4 is 5.32 Å². The number of allylic oxidation sites excluding steroid dienone is 1. The van der Waals surface area contributed by atoms with E-state index in [1.807, 2.05) is 32.9 Å². The van der Waals surface area contributed by atoms with E-state index in [1.54, 1.807) is 0 Å². The van der Waals surface area contributed by atoms with E-state index in [-0.39, 0.29) is 12.0 Å². The van der Waals surface area contributed by atoms with Crippen molar-refractivity contribution >= 4 is 12.4 Å². The smallest absolute Gasteiger partial charge is 0.408 e. The van der Waals surface area contributed by atoms with Crippen molar-refractivity contribution in [2.45, 2.75) is 58.1 Å². The summed E-state index contributed by atoms with van der Waals surface area (Å²) in [7, 11) is 0. The van der Waals surface area contributed by atoms with E-state index in [2.05, 4.69) is 5.32 Å². The Morgan fingerprint density at radius 2 is 2.11 bits per heavy atom. The van der Waals surface area contributed by atoms with E-state index in [0.29, 0.717) is 0 Å². The molecule has 2 atom stereocenters. The summed E-state index contributed by atoms with van der Waals surface area (Å²) in [6.07, 6.45) is 8.31. The Kier molecular flexibility index (Phi) is 5.38. The molecule has 4 heteroatoms. The van der Waals surface area contributed by atoms with Gasteiger partial charge in [0.2, 0.25) is 0 Å². The molecule has 0 unspecified atom stereocenters. The second-order valence-electron chi connectivity index (χ2n) is 5.68. The molecule has 1 N–H and O–H groups in total. The van der Waals surface area contributed by atoms with Crippen molar-refractivity contribution < 1.29 is 14.3 Å². The minimum atomic E-state index is -0.522. The highest BCUT2D eigenvalue weighted by Crippen LogP contribution is 2.17. The van der Waals surface area contributed by atoms with Gasteiger partial charge in [0, 0.05) is 5.92 Å². The van der Waals surface area contributed by atoms with Gasteiger partial charge in [0.25, 0.3) is 0 Å². The number of carbonyl (C=O) groups is 2. The zero-order chi connectivity index (χ0) is 13.6. The van der Waals surface area contributed by atoms with E-state index >= 15 is 0 Å². The van der Waals surface area contributed by atoms with Crippen LogP contribution in [0.1, 0.15) is 46.5 Å². The Balaban J connectivity index is 2.62. The quantitative estimate of drug-likeness (QED) is 0.608. The molecule has 0 spiro atoms. The van der Waals surface area contributed by atoms with Gasteiger partial charge in [0.15, 0.2) is 0 Å². The number of carbonyl (C=O) groups excluding carboxylic acids is 2. The molecule has 102 valence electrons. The molecule has 0 radical (unpaired) electrons. The van der Waals surface area contributed by atoms with Gasteiger partial charge in [-0.1, -0.05) is 18.6 Å². The van der Waals surface area contributed by atoms with Gasteiger partial charge in [-0.15, -0.1) is 0 Å². The first-order chi connectivity index (χ1) is 8.42. The maximum atomic E-state index is 11.7. The van der Waals surface area contributed by atoms with Crippen LogP contribution in [-0.2, 0) is 9.53 Å². The summed E-state index contributed by atoms with van der Waals surface area (Å²) in [6.45, 7) is 5.45. The van der Waals surface area contributed by atoms with Crippen molar-refractivity contribution in [3.8, 4) is 0 Å². The summed E-state index contributed by atoms with van der Waals surface area (Å²) in [5.74, 6) is -0.158. The largest absolute Gasteiger partial charge is 0.444 e. The molecule has 0 aliphatic heterocycles. The lowest BCUT2D eigenvalue weighted by atomic mass is 9.92. The molecule has 1 aliphatic rings. The van der Waals surface area contributed by atoms with E-state index in [0.717, 1.165) is 32.0 Å². The number of alkyl carbamates (subject to hydrolysis) is 1. The highest BCUT2D eigenvalue weighted by Gasteiger charge is 2.24. The molecule has 4 nitrogen and oxygen atoms in total. The molecule has 0 saturated heterocycles. The maximum absolute atomic E-state index is 11.7. The third-order valence-electron chi connectivity index (χ3n) is 2.82. The van der Waals surface area contributed by atoms with Gasteiger partial charge in [0.1, 0.15) is 11.9 Å². The molecule has 1 aliphatic carbocycles. The first-order valence-electron chi connectivity index (χ1n) is 6.54. The molecule has 0 bridgehead atoms. The summed E-state index contributed by atoms with van der Waals surface area (Å²) in [4.78, 5) is 22.8. The Morgan fingerprint density at radius 3 is 2.72 bits per heavy atom. The average molecular weight is 253 g/mol. The summed E-state index contributed by atoms with van der Waals surface area (Å²) >= 11 is 0. The normalized spacial score (nSPS) is 24.8. The summed E-state index contributed by atoms with van der Waals surface area (Å²) in [6, 6.07) is -0.252. The molecule has 0 fully saturated rings. The van der Waals surface area contributed by atoms with Crippen molar-refractivity contribution in [3.05, 3.63) is 12.2 Å². The Hall–Kier alpha value is -1.32. The van der Waals surface area contributed by atoms with Crippen LogP contribution in [-0.4, -0.2) is 24.0 Å². The fraction of sp³-hybridized carbons (Fsp3) is 0.714. The number of ether oxygens (including phenoxy) is 1. The predicted molar refractivity (Wildman–Crippen MR) is 70.3 cm³/mol. The lowest BCUT2D eigenvalue weighted by Gasteiger charge is -2.25. The fourth-order valence-corrected chi connectivity index (χ4v) is 1.96. The molecular formula is C14H23NO3. The van der Waals surface area contributed by atoms with Crippen LogP contribution in [0, 0.1) is 5.92 Å². The van der Waals surface area contributed by atoms with Crippen LogP contribution in [0.15, 0.2) is 12.2 Å². The van der Waals surface area contributed by atoms with Crippen LogP contribution in [0.4, 0.5) is 4.79 Å². The van der Waals surface area contributed by atoms with E-state index < -0.39 is 11.7 Å². The maximum Gasteiger partial charge on any atom is 0.408 e. The Labute approximate surface area is 109 Å². The first-order valence-corrected chi connectivity index (χ1v) is 6.54. The third kappa shape index (κ3) is 5.34. The summed E-state index contributed by atoms with van der Waals surface area (Å²) in [5.41, 5.74) is -0.522. The molecule has 0 aromatic heterocycles. The predicted octanol–water partition coefficient (Wildman–Crippen LogP) is 2.83. The van der Waals surface area contributed by atoms with Crippen molar-refractivity contribution in [3.63, 3.8) is 0 Å². The standard InChI is InChI=1S/C14H23NO3/c1-14(2,3)18-13(17)15-12-9-7-5-4-6-8-11(12)10-16/h7,9-12H,4-6,8H2,1-3H3,(H,15,17)/t11-,12-/m0/s1. The monoisotopic (exact) mass is 253 g/mol. The average Bonchev–Trinajstić information content (AvgIpc) is 2.20. The lowest BCUT2D eigenvalue weighted by Crippen LogP contribution is -2.42. The van der Waals surface area contributed by atoms with Crippen LogP contribution in [0.25, 0.3) is 0 Å². The van der Waals surface area contributed by atoms with Crippen LogP contribution >= 0.6 is 0 Å². The van der Waals surface area contributed by atoms with Gasteiger partial charge in [-0.2, -0.15) is 0 Å². The van der Waals surface area contributed by atoms with Gasteiger partial charge in [-0.05, 0) is 40.0 Å². The molecule has 1 amide bonds. The van der Waals surface area contributed by atoms with Crippen LogP contribution in [0.5, 0.6) is 0 Å². The highest BCUT2D eigenvalue weighted by atomic mass is 16.6.